The van der Waals surface area contributed by atoms with Crippen LogP contribution in [0.1, 0.15) is 52.9 Å². The van der Waals surface area contributed by atoms with Crippen LogP contribution in [-0.4, -0.2) is 45.4 Å². The molecule has 3 aromatic rings. The van der Waals surface area contributed by atoms with Crippen molar-refractivity contribution in [2.24, 2.45) is 13.0 Å². The summed E-state index contributed by atoms with van der Waals surface area (Å²) < 4.78 is 6.46. The maximum atomic E-state index is 13.0. The van der Waals surface area contributed by atoms with Crippen LogP contribution in [0.2, 0.25) is 10.0 Å². The number of hydrogen-bond acceptors (Lipinski definition) is 7. The molecule has 37 heavy (non-hydrogen) atoms. The fraction of sp³-hybridized carbons (Fsp3) is 0.320. The van der Waals surface area contributed by atoms with Crippen molar-refractivity contribution >= 4 is 58.4 Å². The molecule has 0 aliphatic rings. The van der Waals surface area contributed by atoms with E-state index in [0.717, 1.165) is 0 Å². The van der Waals surface area contributed by atoms with Crippen LogP contribution in [0, 0.1) is 5.92 Å². The summed E-state index contributed by atoms with van der Waals surface area (Å²) in [5, 5.41) is 15.5. The van der Waals surface area contributed by atoms with Crippen LogP contribution in [0.15, 0.2) is 47.6 Å². The number of carbonyl (C=O) groups is 3. The number of aromatic nitrogens is 3. The quantitative estimate of drug-likeness (QED) is 0.258. The van der Waals surface area contributed by atoms with Gasteiger partial charge in [-0.2, -0.15) is 0 Å². The summed E-state index contributed by atoms with van der Waals surface area (Å²) in [5.41, 5.74) is 1.13. The van der Waals surface area contributed by atoms with E-state index in [1.165, 1.54) is 24.9 Å². The van der Waals surface area contributed by atoms with Crippen LogP contribution < -0.4 is 10.6 Å². The number of ether oxygens (including phenoxy) is 1. The van der Waals surface area contributed by atoms with Gasteiger partial charge in [-0.15, -0.1) is 10.2 Å². The highest BCUT2D eigenvalue weighted by molar-refractivity contribution is 7.99. The number of esters is 1. The Kier molecular flexibility index (Phi) is 9.96. The molecule has 0 aliphatic heterocycles. The van der Waals surface area contributed by atoms with Crippen molar-refractivity contribution in [1.29, 1.82) is 0 Å². The lowest BCUT2D eigenvalue weighted by Gasteiger charge is -2.20. The Labute approximate surface area is 229 Å². The summed E-state index contributed by atoms with van der Waals surface area (Å²) >= 11 is 13.4. The molecular formula is C25H27Cl2N5O4S. The minimum absolute atomic E-state index is 0.0655. The maximum Gasteiger partial charge on any atom is 0.337 e. The molecule has 3 rings (SSSR count). The normalized spacial score (nSPS) is 11.8. The molecule has 0 aliphatic carbocycles. The maximum absolute atomic E-state index is 13.0. The van der Waals surface area contributed by atoms with Gasteiger partial charge in [0.25, 0.3) is 5.91 Å². The molecule has 1 heterocycles. The average Bonchev–Trinajstić information content (AvgIpc) is 3.21. The third-order valence-electron chi connectivity index (χ3n) is 5.27. The van der Waals surface area contributed by atoms with Crippen molar-refractivity contribution < 1.29 is 19.1 Å². The van der Waals surface area contributed by atoms with Crippen LogP contribution in [0.25, 0.3) is 0 Å². The zero-order valence-corrected chi connectivity index (χ0v) is 23.1. The second-order valence-corrected chi connectivity index (χ2v) is 10.4. The van der Waals surface area contributed by atoms with Crippen LogP contribution in [0.5, 0.6) is 0 Å². The van der Waals surface area contributed by atoms with E-state index >= 15 is 0 Å². The standard InChI is InChI=1S/C25H27Cl2N5O4S/c1-14(2)10-20(29-23(34)18-9-8-16(26)12-19(18)27)22-30-31-25(32(22)3)37-13-21(33)28-17-7-5-6-15(11-17)24(35)36-4/h5-9,11-12,14,20H,10,13H2,1-4H3,(H,28,33)(H,29,34). The molecule has 1 aromatic heterocycles. The minimum atomic E-state index is -0.488. The highest BCUT2D eigenvalue weighted by atomic mass is 35.5. The highest BCUT2D eigenvalue weighted by Gasteiger charge is 2.24. The molecule has 0 radical (unpaired) electrons. The number of benzene rings is 2. The number of nitrogens with one attached hydrogen (secondary N) is 2. The second kappa shape index (κ2) is 12.9. The Bertz CT molecular complexity index is 1300. The number of halogens is 2. The van der Waals surface area contributed by atoms with Gasteiger partial charge in [0.2, 0.25) is 5.91 Å². The summed E-state index contributed by atoms with van der Waals surface area (Å²) in [7, 11) is 3.08. The molecule has 1 atom stereocenters. The number of rotatable bonds is 10. The molecule has 0 bridgehead atoms. The van der Waals surface area contributed by atoms with E-state index in [1.54, 1.807) is 48.0 Å². The van der Waals surface area contributed by atoms with E-state index < -0.39 is 12.0 Å². The van der Waals surface area contributed by atoms with Gasteiger partial charge >= 0.3 is 5.97 Å². The molecule has 1 unspecified atom stereocenters. The summed E-state index contributed by atoms with van der Waals surface area (Å²) in [4.78, 5) is 37.2. The number of methoxy groups -OCH3 is 1. The lowest BCUT2D eigenvalue weighted by molar-refractivity contribution is -0.113. The first kappa shape index (κ1) is 28.5. The van der Waals surface area contributed by atoms with E-state index in [1.807, 2.05) is 13.8 Å². The Morgan fingerprint density at radius 1 is 1.11 bits per heavy atom. The van der Waals surface area contributed by atoms with Crippen LogP contribution >= 0.6 is 35.0 Å². The molecule has 0 saturated carbocycles. The lowest BCUT2D eigenvalue weighted by atomic mass is 10.0. The molecule has 9 nitrogen and oxygen atoms in total. The zero-order chi connectivity index (χ0) is 27.1. The van der Waals surface area contributed by atoms with Crippen molar-refractivity contribution in [2.45, 2.75) is 31.5 Å². The van der Waals surface area contributed by atoms with Crippen LogP contribution in [0.4, 0.5) is 5.69 Å². The summed E-state index contributed by atoms with van der Waals surface area (Å²) in [6.07, 6.45) is 0.616. The number of nitrogens with zero attached hydrogens (tertiary/aromatic N) is 3. The molecule has 0 spiro atoms. The monoisotopic (exact) mass is 563 g/mol. The second-order valence-electron chi connectivity index (χ2n) is 8.59. The molecule has 2 aromatic carbocycles. The molecular weight excluding hydrogens is 537 g/mol. The number of thioether (sulfide) groups is 1. The third-order valence-corrected chi connectivity index (χ3v) is 6.84. The number of anilines is 1. The van der Waals surface area contributed by atoms with E-state index in [-0.39, 0.29) is 28.5 Å². The fourth-order valence-electron chi connectivity index (χ4n) is 3.53. The number of hydrogen-bond donors (Lipinski definition) is 2. The molecule has 2 N–H and O–H groups in total. The predicted molar refractivity (Wildman–Crippen MR) is 144 cm³/mol. The minimum Gasteiger partial charge on any atom is -0.465 e. The molecule has 12 heteroatoms. The van der Waals surface area contributed by atoms with E-state index in [9.17, 15) is 14.4 Å². The van der Waals surface area contributed by atoms with Gasteiger partial charge in [-0.3, -0.25) is 9.59 Å². The SMILES string of the molecule is COC(=O)c1cccc(NC(=O)CSc2nnc(C(CC(C)C)NC(=O)c3ccc(Cl)cc3Cl)n2C)c1. The topological polar surface area (TPSA) is 115 Å². The van der Waals surface area contributed by atoms with Gasteiger partial charge in [0.05, 0.1) is 35.1 Å². The van der Waals surface area contributed by atoms with Crippen molar-refractivity contribution in [3.63, 3.8) is 0 Å². The average molecular weight is 564 g/mol. The summed E-state index contributed by atoms with van der Waals surface area (Å²) in [6, 6.07) is 10.7. The Hall–Kier alpha value is -3.08. The first-order chi connectivity index (χ1) is 17.6. The number of amides is 2. The van der Waals surface area contributed by atoms with Crippen molar-refractivity contribution in [2.75, 3.05) is 18.2 Å². The van der Waals surface area contributed by atoms with Crippen molar-refractivity contribution in [3.05, 3.63) is 69.5 Å². The molecule has 0 fully saturated rings. The van der Waals surface area contributed by atoms with Crippen molar-refractivity contribution in [1.82, 2.24) is 20.1 Å². The van der Waals surface area contributed by atoms with Crippen molar-refractivity contribution in [3.8, 4) is 0 Å². The molecule has 2 amide bonds. The lowest BCUT2D eigenvalue weighted by Crippen LogP contribution is -2.31. The van der Waals surface area contributed by atoms with Gasteiger partial charge in [0, 0.05) is 17.8 Å². The predicted octanol–water partition coefficient (Wildman–Crippen LogP) is 5.16. The van der Waals surface area contributed by atoms with Crippen LogP contribution in [0.3, 0.4) is 0 Å². The highest BCUT2D eigenvalue weighted by Crippen LogP contribution is 2.26. The zero-order valence-electron chi connectivity index (χ0n) is 20.7. The largest absolute Gasteiger partial charge is 0.465 e. The Balaban J connectivity index is 1.68. The van der Waals surface area contributed by atoms with Gasteiger partial charge in [-0.05, 0) is 48.7 Å². The van der Waals surface area contributed by atoms with Gasteiger partial charge in [0.1, 0.15) is 0 Å². The van der Waals surface area contributed by atoms with E-state index in [4.69, 9.17) is 27.9 Å². The van der Waals surface area contributed by atoms with E-state index in [2.05, 4.69) is 20.8 Å². The third kappa shape index (κ3) is 7.70. The van der Waals surface area contributed by atoms with Gasteiger partial charge in [0.15, 0.2) is 11.0 Å². The Morgan fingerprint density at radius 3 is 2.54 bits per heavy atom. The number of carbonyl (C=O) groups excluding carboxylic acids is 3. The van der Waals surface area contributed by atoms with Gasteiger partial charge < -0.3 is 19.9 Å². The fourth-order valence-corrected chi connectivity index (χ4v) is 4.75. The van der Waals surface area contributed by atoms with Crippen LogP contribution in [-0.2, 0) is 16.6 Å². The first-order valence-electron chi connectivity index (χ1n) is 11.3. The first-order valence-corrected chi connectivity index (χ1v) is 13.1. The molecule has 0 saturated heterocycles. The molecule has 196 valence electrons. The summed E-state index contributed by atoms with van der Waals surface area (Å²) in [5.74, 6) is -0.237. The van der Waals surface area contributed by atoms with Gasteiger partial charge in [-0.25, -0.2) is 4.79 Å². The van der Waals surface area contributed by atoms with E-state index in [0.29, 0.717) is 39.2 Å². The van der Waals surface area contributed by atoms with Gasteiger partial charge in [-0.1, -0.05) is 54.9 Å². The Morgan fingerprint density at radius 2 is 1.86 bits per heavy atom. The smallest absolute Gasteiger partial charge is 0.337 e. The summed E-state index contributed by atoms with van der Waals surface area (Å²) in [6.45, 7) is 4.08.